The van der Waals surface area contributed by atoms with Crippen LogP contribution in [0.3, 0.4) is 0 Å². The summed E-state index contributed by atoms with van der Waals surface area (Å²) in [4.78, 5) is 25.1. The van der Waals surface area contributed by atoms with Gasteiger partial charge in [-0.1, -0.05) is 19.1 Å². The zero-order valence-corrected chi connectivity index (χ0v) is 12.9. The number of nitrogens with zero attached hydrogens (tertiary/aromatic N) is 1. The van der Waals surface area contributed by atoms with Crippen molar-refractivity contribution in [3.05, 3.63) is 29.8 Å². The Bertz CT molecular complexity index is 456. The van der Waals surface area contributed by atoms with Crippen LogP contribution >= 0.6 is 0 Å². The lowest BCUT2D eigenvalue weighted by atomic mass is 10.1. The van der Waals surface area contributed by atoms with Gasteiger partial charge in [-0.05, 0) is 31.0 Å². The fraction of sp³-hybridized carbons (Fsp3) is 0.500. The minimum atomic E-state index is -0.400. The summed E-state index contributed by atoms with van der Waals surface area (Å²) in [5.41, 5.74) is 0.898. The normalized spacial score (nSPS) is 10.0. The second-order valence-electron chi connectivity index (χ2n) is 4.65. The number of ether oxygens (including phenoxy) is 2. The van der Waals surface area contributed by atoms with Crippen molar-refractivity contribution in [3.63, 3.8) is 0 Å². The molecular formula is C16H23NO4. The molecule has 0 aromatic heterocycles. The number of carbonyl (C=O) groups is 2. The molecule has 0 heterocycles. The molecule has 1 aromatic carbocycles. The zero-order chi connectivity index (χ0) is 15.7. The fourth-order valence-corrected chi connectivity index (χ4v) is 1.94. The molecule has 0 radical (unpaired) electrons. The van der Waals surface area contributed by atoms with E-state index < -0.39 is 5.97 Å². The Kier molecular flexibility index (Phi) is 7.29. The minimum Gasteiger partial charge on any atom is -0.494 e. The summed E-state index contributed by atoms with van der Waals surface area (Å²) in [6.45, 7) is 5.05. The Morgan fingerprint density at radius 2 is 1.81 bits per heavy atom. The summed E-state index contributed by atoms with van der Waals surface area (Å²) in [5.74, 6) is 0.309. The van der Waals surface area contributed by atoms with Gasteiger partial charge in [0, 0.05) is 6.54 Å². The van der Waals surface area contributed by atoms with Gasteiger partial charge in [0.25, 0.3) is 0 Å². The van der Waals surface area contributed by atoms with E-state index in [2.05, 4.69) is 4.74 Å². The van der Waals surface area contributed by atoms with Gasteiger partial charge in [-0.15, -0.1) is 0 Å². The van der Waals surface area contributed by atoms with E-state index in [1.165, 1.54) is 12.0 Å². The molecule has 0 atom stereocenters. The second-order valence-corrected chi connectivity index (χ2v) is 4.65. The molecule has 0 fully saturated rings. The Morgan fingerprint density at radius 3 is 2.33 bits per heavy atom. The number of hydrogen-bond acceptors (Lipinski definition) is 4. The van der Waals surface area contributed by atoms with E-state index in [0.717, 1.165) is 17.7 Å². The monoisotopic (exact) mass is 293 g/mol. The van der Waals surface area contributed by atoms with Crippen molar-refractivity contribution in [3.8, 4) is 5.75 Å². The van der Waals surface area contributed by atoms with Crippen LogP contribution in [-0.4, -0.2) is 43.6 Å². The summed E-state index contributed by atoms with van der Waals surface area (Å²) in [5, 5.41) is 0. The maximum atomic E-state index is 12.3. The molecule has 0 saturated carbocycles. The molecule has 116 valence electrons. The van der Waals surface area contributed by atoms with Gasteiger partial charge in [0.1, 0.15) is 12.3 Å². The van der Waals surface area contributed by atoms with Crippen LogP contribution in [0.4, 0.5) is 0 Å². The predicted molar refractivity (Wildman–Crippen MR) is 80.2 cm³/mol. The van der Waals surface area contributed by atoms with E-state index in [0.29, 0.717) is 13.2 Å². The van der Waals surface area contributed by atoms with Crippen LogP contribution < -0.4 is 4.74 Å². The van der Waals surface area contributed by atoms with Crippen molar-refractivity contribution in [2.75, 3.05) is 26.8 Å². The van der Waals surface area contributed by atoms with Crippen LogP contribution in [0, 0.1) is 0 Å². The number of hydrogen-bond donors (Lipinski definition) is 0. The smallest absolute Gasteiger partial charge is 0.325 e. The predicted octanol–water partition coefficient (Wildman–Crippen LogP) is 2.04. The van der Waals surface area contributed by atoms with Crippen LogP contribution in [0.25, 0.3) is 0 Å². The molecule has 1 rings (SSSR count). The Balaban J connectivity index is 2.65. The minimum absolute atomic E-state index is 0.000201. The van der Waals surface area contributed by atoms with E-state index in [-0.39, 0.29) is 18.9 Å². The third kappa shape index (κ3) is 5.85. The van der Waals surface area contributed by atoms with E-state index in [1.54, 1.807) is 0 Å². The highest BCUT2D eigenvalue weighted by Gasteiger charge is 2.17. The van der Waals surface area contributed by atoms with Crippen molar-refractivity contribution >= 4 is 11.9 Å². The summed E-state index contributed by atoms with van der Waals surface area (Å²) in [6, 6.07) is 7.42. The number of rotatable bonds is 8. The molecule has 0 unspecified atom stereocenters. The average Bonchev–Trinajstić information content (AvgIpc) is 2.48. The fourth-order valence-electron chi connectivity index (χ4n) is 1.94. The first kappa shape index (κ1) is 17.0. The molecule has 0 bridgehead atoms. The quantitative estimate of drug-likeness (QED) is 0.688. The molecule has 1 amide bonds. The molecule has 0 N–H and O–H groups in total. The van der Waals surface area contributed by atoms with Crippen molar-refractivity contribution in [1.29, 1.82) is 0 Å². The summed E-state index contributed by atoms with van der Waals surface area (Å²) in [6.07, 6.45) is 1.06. The number of methoxy groups -OCH3 is 1. The first-order chi connectivity index (χ1) is 10.1. The topological polar surface area (TPSA) is 55.8 Å². The number of esters is 1. The van der Waals surface area contributed by atoms with Gasteiger partial charge in [0.05, 0.1) is 20.1 Å². The molecule has 0 aliphatic carbocycles. The maximum Gasteiger partial charge on any atom is 0.325 e. The average molecular weight is 293 g/mol. The van der Waals surface area contributed by atoms with Gasteiger partial charge in [0.15, 0.2) is 0 Å². The molecule has 0 saturated heterocycles. The number of carbonyl (C=O) groups excluding carboxylic acids is 2. The molecule has 5 nitrogen and oxygen atoms in total. The van der Waals surface area contributed by atoms with Crippen LogP contribution in [0.1, 0.15) is 25.8 Å². The summed E-state index contributed by atoms with van der Waals surface area (Å²) < 4.78 is 9.98. The Hall–Kier alpha value is -2.04. The second kappa shape index (κ2) is 9.00. The first-order valence-electron chi connectivity index (χ1n) is 7.17. The van der Waals surface area contributed by atoms with Gasteiger partial charge in [0.2, 0.25) is 5.91 Å². The van der Waals surface area contributed by atoms with Crippen LogP contribution in [-0.2, 0) is 20.7 Å². The lowest BCUT2D eigenvalue weighted by Gasteiger charge is -2.20. The lowest BCUT2D eigenvalue weighted by molar-refractivity contribution is -0.146. The molecule has 0 spiro atoms. The third-order valence-electron chi connectivity index (χ3n) is 2.98. The number of amides is 1. The van der Waals surface area contributed by atoms with E-state index >= 15 is 0 Å². The Labute approximate surface area is 125 Å². The zero-order valence-electron chi connectivity index (χ0n) is 12.9. The van der Waals surface area contributed by atoms with Crippen LogP contribution in [0.5, 0.6) is 5.75 Å². The maximum absolute atomic E-state index is 12.3. The summed E-state index contributed by atoms with van der Waals surface area (Å²) >= 11 is 0. The molecule has 0 aliphatic heterocycles. The molecule has 0 aliphatic rings. The van der Waals surface area contributed by atoms with Crippen molar-refractivity contribution in [2.45, 2.75) is 26.7 Å². The van der Waals surface area contributed by atoms with Gasteiger partial charge < -0.3 is 14.4 Å². The highest BCUT2D eigenvalue weighted by Crippen LogP contribution is 2.13. The van der Waals surface area contributed by atoms with Crippen LogP contribution in [0.2, 0.25) is 0 Å². The molecule has 1 aromatic rings. The molecule has 5 heteroatoms. The van der Waals surface area contributed by atoms with E-state index in [1.807, 2.05) is 38.1 Å². The lowest BCUT2D eigenvalue weighted by Crippen LogP contribution is -2.37. The standard InChI is InChI=1S/C16H23NO4/c1-4-10-17(12-16(19)20-3)15(18)11-13-6-8-14(9-7-13)21-5-2/h6-9H,4-5,10-12H2,1-3H3. The largest absolute Gasteiger partial charge is 0.494 e. The van der Waals surface area contributed by atoms with Crippen molar-refractivity contribution in [2.24, 2.45) is 0 Å². The van der Waals surface area contributed by atoms with Gasteiger partial charge in [-0.25, -0.2) is 0 Å². The van der Waals surface area contributed by atoms with Crippen molar-refractivity contribution in [1.82, 2.24) is 4.90 Å². The molecule has 21 heavy (non-hydrogen) atoms. The third-order valence-corrected chi connectivity index (χ3v) is 2.98. The Morgan fingerprint density at radius 1 is 1.14 bits per heavy atom. The van der Waals surface area contributed by atoms with Crippen LogP contribution in [0.15, 0.2) is 24.3 Å². The van der Waals surface area contributed by atoms with E-state index in [9.17, 15) is 9.59 Å². The highest BCUT2D eigenvalue weighted by atomic mass is 16.5. The molecular weight excluding hydrogens is 270 g/mol. The van der Waals surface area contributed by atoms with Gasteiger partial charge in [-0.2, -0.15) is 0 Å². The summed E-state index contributed by atoms with van der Waals surface area (Å²) in [7, 11) is 1.32. The SMILES string of the molecule is CCCN(CC(=O)OC)C(=O)Cc1ccc(OCC)cc1. The van der Waals surface area contributed by atoms with E-state index in [4.69, 9.17) is 4.74 Å². The van der Waals surface area contributed by atoms with Gasteiger partial charge in [-0.3, -0.25) is 9.59 Å². The number of benzene rings is 1. The first-order valence-corrected chi connectivity index (χ1v) is 7.17. The highest BCUT2D eigenvalue weighted by molar-refractivity contribution is 5.83. The van der Waals surface area contributed by atoms with Crippen molar-refractivity contribution < 1.29 is 19.1 Å². The van der Waals surface area contributed by atoms with Gasteiger partial charge >= 0.3 is 5.97 Å².